The van der Waals surface area contributed by atoms with E-state index in [1.54, 1.807) is 41.5 Å². The summed E-state index contributed by atoms with van der Waals surface area (Å²) in [7, 11) is 0. The zero-order chi connectivity index (χ0) is 19.6. The van der Waals surface area contributed by atoms with E-state index in [1.165, 1.54) is 0 Å². The highest BCUT2D eigenvalue weighted by atomic mass is 19.1. The van der Waals surface area contributed by atoms with Crippen LogP contribution >= 0.6 is 0 Å². The molecule has 0 saturated carbocycles. The Hall–Kier alpha value is -2.71. The van der Waals surface area contributed by atoms with Gasteiger partial charge in [0.2, 0.25) is 5.82 Å². The van der Waals surface area contributed by atoms with Gasteiger partial charge in [0.05, 0.1) is 4.92 Å². The number of amides is 2. The van der Waals surface area contributed by atoms with E-state index in [9.17, 15) is 24.1 Å². The van der Waals surface area contributed by atoms with Gasteiger partial charge in [-0.25, -0.2) is 9.59 Å². The maximum atomic E-state index is 13.9. The molecule has 0 aliphatic rings. The lowest BCUT2D eigenvalue weighted by Crippen LogP contribution is -2.44. The van der Waals surface area contributed by atoms with Gasteiger partial charge in [0.1, 0.15) is 16.9 Å². The third-order valence-electron chi connectivity index (χ3n) is 2.54. The first-order chi connectivity index (χ1) is 11.2. The number of ether oxygens (including phenoxy) is 2. The third kappa shape index (κ3) is 5.70. The third-order valence-corrected chi connectivity index (χ3v) is 2.54. The highest BCUT2D eigenvalue weighted by Crippen LogP contribution is 2.33. The monoisotopic (exact) mass is 356 g/mol. The number of hydrogen-bond donors (Lipinski definition) is 0. The van der Waals surface area contributed by atoms with E-state index in [4.69, 9.17) is 9.47 Å². The Labute approximate surface area is 144 Å². The van der Waals surface area contributed by atoms with Crippen LogP contribution in [0.5, 0.6) is 0 Å². The molecule has 1 rings (SSSR count). The van der Waals surface area contributed by atoms with Crippen LogP contribution in [0.15, 0.2) is 18.2 Å². The van der Waals surface area contributed by atoms with Crippen molar-refractivity contribution in [3.8, 4) is 0 Å². The van der Waals surface area contributed by atoms with Crippen LogP contribution in [0.25, 0.3) is 0 Å². The molecule has 0 N–H and O–H groups in total. The number of nitrogens with zero attached hydrogens (tertiary/aromatic N) is 2. The van der Waals surface area contributed by atoms with E-state index in [1.807, 2.05) is 0 Å². The number of imide groups is 1. The zero-order valence-corrected chi connectivity index (χ0v) is 15.0. The summed E-state index contributed by atoms with van der Waals surface area (Å²) in [6, 6.07) is 3.05. The minimum absolute atomic E-state index is 0.317. The quantitative estimate of drug-likeness (QED) is 0.575. The fraction of sp³-hybridized carbons (Fsp3) is 0.500. The lowest BCUT2D eigenvalue weighted by molar-refractivity contribution is -0.386. The lowest BCUT2D eigenvalue weighted by atomic mass is 10.2. The lowest BCUT2D eigenvalue weighted by Gasteiger charge is -2.28. The number of para-hydroxylation sites is 1. The first kappa shape index (κ1) is 20.3. The molecule has 0 heterocycles. The van der Waals surface area contributed by atoms with Crippen molar-refractivity contribution in [3.63, 3.8) is 0 Å². The van der Waals surface area contributed by atoms with Crippen LogP contribution in [0.2, 0.25) is 0 Å². The van der Waals surface area contributed by atoms with Crippen molar-refractivity contribution in [3.05, 3.63) is 34.1 Å². The number of carbonyl (C=O) groups is 2. The summed E-state index contributed by atoms with van der Waals surface area (Å²) in [6.07, 6.45) is -2.43. The molecule has 2 amide bonds. The van der Waals surface area contributed by atoms with Gasteiger partial charge < -0.3 is 9.47 Å². The molecule has 0 spiro atoms. The second-order valence-electron chi connectivity index (χ2n) is 7.16. The molecule has 0 unspecified atom stereocenters. The molecular formula is C16H21FN2O6. The van der Waals surface area contributed by atoms with Crippen molar-refractivity contribution in [2.45, 2.75) is 52.7 Å². The Morgan fingerprint density at radius 3 is 1.84 bits per heavy atom. The van der Waals surface area contributed by atoms with Crippen molar-refractivity contribution in [2.75, 3.05) is 4.90 Å². The number of nitro groups is 1. The van der Waals surface area contributed by atoms with Crippen molar-refractivity contribution in [1.82, 2.24) is 0 Å². The standard InChI is InChI=1S/C16H21FN2O6/c1-15(2,3)24-13(20)18(14(21)25-16(4,5)6)11-9-7-8-10(17)12(11)19(22)23/h7-9H,1-6H3. The number of halogens is 1. The number of benzene rings is 1. The summed E-state index contributed by atoms with van der Waals surface area (Å²) in [6.45, 7) is 9.32. The SMILES string of the molecule is CC(C)(C)OC(=O)N(C(=O)OC(C)(C)C)c1cccc(F)c1[N+](=O)[O-]. The van der Waals surface area contributed by atoms with Gasteiger partial charge in [-0.1, -0.05) is 6.07 Å². The molecular weight excluding hydrogens is 335 g/mol. The summed E-state index contributed by atoms with van der Waals surface area (Å²) < 4.78 is 24.1. The molecule has 9 heteroatoms. The average molecular weight is 356 g/mol. The van der Waals surface area contributed by atoms with Gasteiger partial charge in [-0.05, 0) is 53.7 Å². The first-order valence-corrected chi connectivity index (χ1v) is 7.42. The Kier molecular flexibility index (Phi) is 5.72. The van der Waals surface area contributed by atoms with Gasteiger partial charge in [-0.2, -0.15) is 9.29 Å². The first-order valence-electron chi connectivity index (χ1n) is 7.42. The molecule has 1 aromatic carbocycles. The van der Waals surface area contributed by atoms with Gasteiger partial charge in [-0.15, -0.1) is 0 Å². The number of hydrogen-bond acceptors (Lipinski definition) is 6. The summed E-state index contributed by atoms with van der Waals surface area (Å²) in [4.78, 5) is 35.4. The van der Waals surface area contributed by atoms with E-state index in [0.29, 0.717) is 4.90 Å². The minimum atomic E-state index is -1.21. The Balaban J connectivity index is 3.47. The molecule has 0 fully saturated rings. The summed E-state index contributed by atoms with van der Waals surface area (Å²) >= 11 is 0. The van der Waals surface area contributed by atoms with Crippen molar-refractivity contribution in [1.29, 1.82) is 0 Å². The Morgan fingerprint density at radius 1 is 1.04 bits per heavy atom. The molecule has 0 bridgehead atoms. The van der Waals surface area contributed by atoms with Crippen LogP contribution in [-0.2, 0) is 9.47 Å². The van der Waals surface area contributed by atoms with Gasteiger partial charge in [-0.3, -0.25) is 10.1 Å². The van der Waals surface area contributed by atoms with E-state index in [-0.39, 0.29) is 0 Å². The zero-order valence-electron chi connectivity index (χ0n) is 15.0. The average Bonchev–Trinajstić information content (AvgIpc) is 2.33. The van der Waals surface area contributed by atoms with Gasteiger partial charge in [0, 0.05) is 0 Å². The van der Waals surface area contributed by atoms with E-state index in [2.05, 4.69) is 0 Å². The number of carbonyl (C=O) groups excluding carboxylic acids is 2. The topological polar surface area (TPSA) is 99.0 Å². The molecule has 25 heavy (non-hydrogen) atoms. The second-order valence-corrected chi connectivity index (χ2v) is 7.16. The molecule has 1 aromatic rings. The minimum Gasteiger partial charge on any atom is -0.443 e. The number of rotatable bonds is 2. The van der Waals surface area contributed by atoms with Crippen molar-refractivity contribution < 1.29 is 28.4 Å². The highest BCUT2D eigenvalue weighted by Gasteiger charge is 2.37. The normalized spacial score (nSPS) is 11.6. The largest absolute Gasteiger partial charge is 0.443 e. The van der Waals surface area contributed by atoms with E-state index in [0.717, 1.165) is 18.2 Å². The number of nitro benzene ring substituents is 1. The van der Waals surface area contributed by atoms with Crippen LogP contribution in [0, 0.1) is 15.9 Å². The van der Waals surface area contributed by atoms with Crippen LogP contribution in [0.1, 0.15) is 41.5 Å². The summed E-state index contributed by atoms with van der Waals surface area (Å²) in [5.74, 6) is -1.19. The van der Waals surface area contributed by atoms with Crippen molar-refractivity contribution >= 4 is 23.6 Å². The van der Waals surface area contributed by atoms with Gasteiger partial charge >= 0.3 is 17.9 Å². The molecule has 0 aliphatic carbocycles. The van der Waals surface area contributed by atoms with E-state index >= 15 is 0 Å². The molecule has 0 atom stereocenters. The Morgan fingerprint density at radius 2 is 1.48 bits per heavy atom. The van der Waals surface area contributed by atoms with Crippen LogP contribution < -0.4 is 4.90 Å². The Bertz CT molecular complexity index is 663. The second kappa shape index (κ2) is 7.04. The fourth-order valence-electron chi connectivity index (χ4n) is 1.75. The van der Waals surface area contributed by atoms with Crippen LogP contribution in [0.3, 0.4) is 0 Å². The molecule has 0 saturated heterocycles. The van der Waals surface area contributed by atoms with Gasteiger partial charge in [0.15, 0.2) is 0 Å². The van der Waals surface area contributed by atoms with E-state index < -0.39 is 45.5 Å². The number of anilines is 1. The molecule has 0 radical (unpaired) electrons. The fourth-order valence-corrected chi connectivity index (χ4v) is 1.75. The molecule has 8 nitrogen and oxygen atoms in total. The van der Waals surface area contributed by atoms with Crippen LogP contribution in [0.4, 0.5) is 25.4 Å². The molecule has 138 valence electrons. The van der Waals surface area contributed by atoms with Crippen molar-refractivity contribution in [2.24, 2.45) is 0 Å². The predicted octanol–water partition coefficient (Wildman–Crippen LogP) is 4.41. The predicted molar refractivity (Wildman–Crippen MR) is 88.0 cm³/mol. The molecule has 0 aliphatic heterocycles. The maximum Gasteiger partial charge on any atom is 0.424 e. The maximum absolute atomic E-state index is 13.9. The summed E-state index contributed by atoms with van der Waals surface area (Å²) in [5.41, 5.74) is -3.58. The highest BCUT2D eigenvalue weighted by molar-refractivity contribution is 6.11. The summed E-state index contributed by atoms with van der Waals surface area (Å²) in [5, 5.41) is 11.2. The van der Waals surface area contributed by atoms with Gasteiger partial charge in [0.25, 0.3) is 0 Å². The van der Waals surface area contributed by atoms with Crippen LogP contribution in [-0.4, -0.2) is 28.3 Å². The molecule has 0 aromatic heterocycles. The smallest absolute Gasteiger partial charge is 0.424 e.